The van der Waals surface area contributed by atoms with Gasteiger partial charge in [0.05, 0.1) is 11.1 Å². The first-order valence-corrected chi connectivity index (χ1v) is 25.4. The molecular weight excluding hydrogens is 899 g/mol. The fourth-order valence-corrected chi connectivity index (χ4v) is 12.1. The monoisotopic (exact) mass is 943 g/mol. The van der Waals surface area contributed by atoms with Crippen molar-refractivity contribution >= 4 is 71.7 Å². The van der Waals surface area contributed by atoms with Gasteiger partial charge in [-0.05, 0) is 157 Å². The van der Waals surface area contributed by atoms with Crippen molar-refractivity contribution in [1.29, 1.82) is 0 Å². The number of rotatable bonds is 8. The van der Waals surface area contributed by atoms with Crippen LogP contribution < -0.4 is 4.90 Å². The van der Waals surface area contributed by atoms with Crippen LogP contribution >= 0.6 is 0 Å². The minimum absolute atomic E-state index is 0.536. The molecule has 14 aromatic rings. The molecule has 346 valence electrons. The number of furan rings is 2. The standard InChI is InChI=1S/C71H45NO2/c1-3-18-53(19-4-1)71(54-20-5-2-6-21-54)64-26-12-9-23-58(64)59-37-36-56(45-65(59)71)72(66-27-15-17-47-16-7-8-22-57(47)66)55-34-30-46(31-35-55)50-40-51(48-32-38-69-62(43-48)60-24-10-13-28-67(60)73-69)42-52(41-50)49-33-39-70-63(44-49)61-25-11-14-29-68(61)74-70/h1-45H. The number of benzene rings is 12. The maximum atomic E-state index is 6.29. The largest absolute Gasteiger partial charge is 0.456 e. The zero-order chi connectivity index (χ0) is 48.7. The molecule has 0 amide bonds. The van der Waals surface area contributed by atoms with Crippen molar-refractivity contribution in [2.75, 3.05) is 4.90 Å². The second-order valence-electron chi connectivity index (χ2n) is 19.6. The third kappa shape index (κ3) is 6.53. The van der Waals surface area contributed by atoms with E-state index in [-0.39, 0.29) is 0 Å². The first-order chi connectivity index (χ1) is 36.7. The predicted octanol–water partition coefficient (Wildman–Crippen LogP) is 19.5. The van der Waals surface area contributed by atoms with Crippen molar-refractivity contribution in [1.82, 2.24) is 0 Å². The molecule has 74 heavy (non-hydrogen) atoms. The molecule has 0 atom stereocenters. The van der Waals surface area contributed by atoms with Crippen molar-refractivity contribution in [2.24, 2.45) is 0 Å². The average Bonchev–Trinajstić information content (AvgIpc) is 4.15. The SMILES string of the molecule is c1ccc(C2(c3ccccc3)c3ccccc3-c3ccc(N(c4ccc(-c5cc(-c6ccc7oc8ccccc8c7c6)cc(-c6ccc7oc8ccccc8c7c6)c5)cc4)c4cccc5ccccc45)cc32)cc1. The summed E-state index contributed by atoms with van der Waals surface area (Å²) in [6, 6.07) is 99.5. The maximum Gasteiger partial charge on any atom is 0.135 e. The third-order valence-electron chi connectivity index (χ3n) is 15.5. The minimum Gasteiger partial charge on any atom is -0.456 e. The molecule has 0 N–H and O–H groups in total. The molecule has 15 rings (SSSR count). The fraction of sp³-hybridized carbons (Fsp3) is 0.0141. The number of hydrogen-bond acceptors (Lipinski definition) is 3. The molecule has 0 unspecified atom stereocenters. The second kappa shape index (κ2) is 16.7. The molecule has 2 heterocycles. The molecule has 0 radical (unpaired) electrons. The van der Waals surface area contributed by atoms with E-state index < -0.39 is 5.41 Å². The highest BCUT2D eigenvalue weighted by molar-refractivity contribution is 6.08. The summed E-state index contributed by atoms with van der Waals surface area (Å²) < 4.78 is 12.6. The van der Waals surface area contributed by atoms with Gasteiger partial charge in [0.25, 0.3) is 0 Å². The molecule has 1 aliphatic rings. The van der Waals surface area contributed by atoms with Crippen molar-refractivity contribution in [3.8, 4) is 44.5 Å². The lowest BCUT2D eigenvalue weighted by atomic mass is 9.67. The van der Waals surface area contributed by atoms with E-state index in [1.807, 2.05) is 24.3 Å². The van der Waals surface area contributed by atoms with Crippen LogP contribution in [0.25, 0.3) is 99.2 Å². The lowest BCUT2D eigenvalue weighted by molar-refractivity contribution is 0.668. The summed E-state index contributed by atoms with van der Waals surface area (Å²) >= 11 is 0. The maximum absolute atomic E-state index is 6.29. The Morgan fingerprint density at radius 2 is 0.743 bits per heavy atom. The normalized spacial score (nSPS) is 12.7. The van der Waals surface area contributed by atoms with Crippen molar-refractivity contribution < 1.29 is 8.83 Å². The lowest BCUT2D eigenvalue weighted by Crippen LogP contribution is -2.28. The molecule has 1 aliphatic carbocycles. The molecule has 0 saturated heterocycles. The van der Waals surface area contributed by atoms with E-state index in [0.29, 0.717) is 0 Å². The Morgan fingerprint density at radius 3 is 1.38 bits per heavy atom. The Bertz CT molecular complexity index is 4310. The summed E-state index contributed by atoms with van der Waals surface area (Å²) in [6.07, 6.45) is 0. The molecule has 2 aromatic heterocycles. The van der Waals surface area contributed by atoms with E-state index in [1.165, 1.54) is 44.2 Å². The van der Waals surface area contributed by atoms with E-state index in [0.717, 1.165) is 94.3 Å². The Kier molecular flexibility index (Phi) is 9.48. The van der Waals surface area contributed by atoms with Crippen LogP contribution in [0.1, 0.15) is 22.3 Å². The summed E-state index contributed by atoms with van der Waals surface area (Å²) in [4.78, 5) is 2.45. The molecule has 3 nitrogen and oxygen atoms in total. The molecule has 0 bridgehead atoms. The van der Waals surface area contributed by atoms with Gasteiger partial charge in [0.15, 0.2) is 0 Å². The number of hydrogen-bond donors (Lipinski definition) is 0. The zero-order valence-corrected chi connectivity index (χ0v) is 40.2. The van der Waals surface area contributed by atoms with Gasteiger partial charge in [-0.3, -0.25) is 0 Å². The summed E-state index contributed by atoms with van der Waals surface area (Å²) in [7, 11) is 0. The third-order valence-corrected chi connectivity index (χ3v) is 15.5. The average molecular weight is 944 g/mol. The van der Waals surface area contributed by atoms with Gasteiger partial charge >= 0.3 is 0 Å². The van der Waals surface area contributed by atoms with Gasteiger partial charge in [0.2, 0.25) is 0 Å². The Hall–Kier alpha value is -9.70. The van der Waals surface area contributed by atoms with Crippen LogP contribution in [0.2, 0.25) is 0 Å². The van der Waals surface area contributed by atoms with E-state index >= 15 is 0 Å². The number of anilines is 3. The van der Waals surface area contributed by atoms with Gasteiger partial charge in [0.1, 0.15) is 22.3 Å². The van der Waals surface area contributed by atoms with Crippen molar-refractivity contribution in [2.45, 2.75) is 5.41 Å². The van der Waals surface area contributed by atoms with E-state index in [9.17, 15) is 0 Å². The molecule has 0 fully saturated rings. The smallest absolute Gasteiger partial charge is 0.135 e. The molecular formula is C71H45NO2. The molecule has 12 aromatic carbocycles. The summed E-state index contributed by atoms with van der Waals surface area (Å²) in [6.45, 7) is 0. The van der Waals surface area contributed by atoms with Crippen LogP contribution in [0.5, 0.6) is 0 Å². The number of nitrogens with zero attached hydrogens (tertiary/aromatic N) is 1. The van der Waals surface area contributed by atoms with Crippen molar-refractivity contribution in [3.63, 3.8) is 0 Å². The topological polar surface area (TPSA) is 29.5 Å². The van der Waals surface area contributed by atoms with Crippen LogP contribution in [0.15, 0.2) is 282 Å². The first-order valence-electron chi connectivity index (χ1n) is 25.4. The van der Waals surface area contributed by atoms with E-state index in [1.54, 1.807) is 0 Å². The highest BCUT2D eigenvalue weighted by Crippen LogP contribution is 2.57. The summed E-state index contributed by atoms with van der Waals surface area (Å²) in [5, 5.41) is 6.81. The highest BCUT2D eigenvalue weighted by atomic mass is 16.3. The van der Waals surface area contributed by atoms with Crippen LogP contribution in [0.3, 0.4) is 0 Å². The zero-order valence-electron chi connectivity index (χ0n) is 40.2. The van der Waals surface area contributed by atoms with Crippen LogP contribution in [0, 0.1) is 0 Å². The van der Waals surface area contributed by atoms with Gasteiger partial charge in [-0.25, -0.2) is 0 Å². The van der Waals surface area contributed by atoms with Gasteiger partial charge in [-0.1, -0.05) is 188 Å². The fourth-order valence-electron chi connectivity index (χ4n) is 12.1. The molecule has 0 saturated carbocycles. The Morgan fingerprint density at radius 1 is 0.270 bits per heavy atom. The molecule has 3 heteroatoms. The number of fused-ring (bicyclic) bond motifs is 10. The highest BCUT2D eigenvalue weighted by Gasteiger charge is 2.46. The van der Waals surface area contributed by atoms with Gasteiger partial charge < -0.3 is 13.7 Å². The lowest BCUT2D eigenvalue weighted by Gasteiger charge is -2.35. The second-order valence-corrected chi connectivity index (χ2v) is 19.6. The Labute approximate surface area is 428 Å². The van der Waals surface area contributed by atoms with Crippen molar-refractivity contribution in [3.05, 3.63) is 295 Å². The van der Waals surface area contributed by atoms with E-state index in [4.69, 9.17) is 8.83 Å². The quantitative estimate of drug-likeness (QED) is 0.152. The van der Waals surface area contributed by atoms with Gasteiger partial charge in [-0.2, -0.15) is 0 Å². The minimum atomic E-state index is -0.536. The predicted molar refractivity (Wildman–Crippen MR) is 307 cm³/mol. The first kappa shape index (κ1) is 42.0. The Balaban J connectivity index is 0.910. The van der Waals surface area contributed by atoms with Crippen LogP contribution in [-0.4, -0.2) is 0 Å². The molecule has 0 spiro atoms. The number of para-hydroxylation sites is 2. The van der Waals surface area contributed by atoms with Crippen LogP contribution in [-0.2, 0) is 5.41 Å². The van der Waals surface area contributed by atoms with Gasteiger partial charge in [0, 0.05) is 38.3 Å². The van der Waals surface area contributed by atoms with Crippen LogP contribution in [0.4, 0.5) is 17.1 Å². The van der Waals surface area contributed by atoms with Gasteiger partial charge in [-0.15, -0.1) is 0 Å². The summed E-state index contributed by atoms with van der Waals surface area (Å²) in [5.41, 5.74) is 20.6. The molecule has 0 aliphatic heterocycles. The summed E-state index contributed by atoms with van der Waals surface area (Å²) in [5.74, 6) is 0. The van der Waals surface area contributed by atoms with E-state index in [2.05, 4.69) is 254 Å².